The van der Waals surface area contributed by atoms with Crippen LogP contribution in [-0.4, -0.2) is 67.0 Å². The molecule has 1 unspecified atom stereocenters. The minimum atomic E-state index is -0.670. The van der Waals surface area contributed by atoms with Crippen molar-refractivity contribution in [2.45, 2.75) is 25.8 Å². The molecule has 0 aromatic heterocycles. The predicted octanol–water partition coefficient (Wildman–Crippen LogP) is 3.39. The SMILES string of the molecule is CCc1ccc(C2/C(=C(/O)c3ccc4c(c3)OCCO4)C(=O)C(=O)N2CCCN(C)C)cc1. The van der Waals surface area contributed by atoms with Crippen molar-refractivity contribution in [1.82, 2.24) is 9.80 Å². The van der Waals surface area contributed by atoms with Gasteiger partial charge in [-0.1, -0.05) is 31.2 Å². The molecule has 33 heavy (non-hydrogen) atoms. The summed E-state index contributed by atoms with van der Waals surface area (Å²) in [5.41, 5.74) is 2.48. The molecule has 0 saturated carbocycles. The van der Waals surface area contributed by atoms with E-state index in [1.807, 2.05) is 43.3 Å². The fraction of sp³-hybridized carbons (Fsp3) is 0.385. The van der Waals surface area contributed by atoms with E-state index in [0.717, 1.165) is 24.1 Å². The second kappa shape index (κ2) is 9.67. The molecule has 2 heterocycles. The Morgan fingerprint density at radius 3 is 2.42 bits per heavy atom. The Balaban J connectivity index is 1.77. The molecule has 1 fully saturated rings. The molecular weight excluding hydrogens is 420 g/mol. The van der Waals surface area contributed by atoms with E-state index in [1.54, 1.807) is 23.1 Å². The molecule has 2 aromatic carbocycles. The Kier molecular flexibility index (Phi) is 6.70. The molecule has 0 spiro atoms. The first-order valence-corrected chi connectivity index (χ1v) is 11.3. The number of aryl methyl sites for hydroxylation is 1. The number of hydrogen-bond donors (Lipinski definition) is 1. The summed E-state index contributed by atoms with van der Waals surface area (Å²) in [5, 5.41) is 11.2. The van der Waals surface area contributed by atoms with Crippen LogP contribution in [0.15, 0.2) is 48.0 Å². The molecule has 174 valence electrons. The van der Waals surface area contributed by atoms with Gasteiger partial charge in [0, 0.05) is 12.1 Å². The number of fused-ring (bicyclic) bond motifs is 1. The monoisotopic (exact) mass is 450 g/mol. The maximum absolute atomic E-state index is 13.1. The van der Waals surface area contributed by atoms with Crippen molar-refractivity contribution in [3.63, 3.8) is 0 Å². The summed E-state index contributed by atoms with van der Waals surface area (Å²) in [6, 6.07) is 12.3. The Morgan fingerprint density at radius 2 is 1.76 bits per heavy atom. The Morgan fingerprint density at radius 1 is 1.06 bits per heavy atom. The molecule has 0 radical (unpaired) electrons. The van der Waals surface area contributed by atoms with Gasteiger partial charge >= 0.3 is 0 Å². The Hall–Kier alpha value is -3.32. The zero-order valence-electron chi connectivity index (χ0n) is 19.3. The quantitative estimate of drug-likeness (QED) is 0.396. The van der Waals surface area contributed by atoms with Crippen LogP contribution < -0.4 is 9.47 Å². The summed E-state index contributed by atoms with van der Waals surface area (Å²) in [6.45, 7) is 4.15. The molecule has 7 nitrogen and oxygen atoms in total. The van der Waals surface area contributed by atoms with Crippen LogP contribution >= 0.6 is 0 Å². The lowest BCUT2D eigenvalue weighted by atomic mass is 9.94. The number of amides is 1. The van der Waals surface area contributed by atoms with Crippen LogP contribution in [0.2, 0.25) is 0 Å². The molecule has 1 atom stereocenters. The molecule has 0 bridgehead atoms. The van der Waals surface area contributed by atoms with Crippen LogP contribution in [0.4, 0.5) is 0 Å². The minimum Gasteiger partial charge on any atom is -0.507 e. The van der Waals surface area contributed by atoms with Gasteiger partial charge in [-0.2, -0.15) is 0 Å². The molecular formula is C26H30N2O5. The van der Waals surface area contributed by atoms with Crippen molar-refractivity contribution in [2.75, 3.05) is 40.4 Å². The number of nitrogens with zero attached hydrogens (tertiary/aromatic N) is 2. The summed E-state index contributed by atoms with van der Waals surface area (Å²) in [5.74, 6) is -0.359. The highest BCUT2D eigenvalue weighted by molar-refractivity contribution is 6.46. The van der Waals surface area contributed by atoms with Crippen LogP contribution in [0.3, 0.4) is 0 Å². The topological polar surface area (TPSA) is 79.3 Å². The number of carbonyl (C=O) groups is 2. The molecule has 1 saturated heterocycles. The largest absolute Gasteiger partial charge is 0.507 e. The van der Waals surface area contributed by atoms with E-state index in [0.29, 0.717) is 43.2 Å². The van der Waals surface area contributed by atoms with Crippen molar-refractivity contribution in [1.29, 1.82) is 0 Å². The maximum atomic E-state index is 13.1. The highest BCUT2D eigenvalue weighted by Crippen LogP contribution is 2.41. The number of ether oxygens (including phenoxy) is 2. The lowest BCUT2D eigenvalue weighted by Crippen LogP contribution is -2.32. The van der Waals surface area contributed by atoms with E-state index in [2.05, 4.69) is 6.92 Å². The highest BCUT2D eigenvalue weighted by Gasteiger charge is 2.45. The minimum absolute atomic E-state index is 0.103. The number of carbonyl (C=O) groups excluding carboxylic acids is 2. The maximum Gasteiger partial charge on any atom is 0.295 e. The van der Waals surface area contributed by atoms with Crippen molar-refractivity contribution in [3.8, 4) is 11.5 Å². The third-order valence-corrected chi connectivity index (χ3v) is 6.06. The average molecular weight is 451 g/mol. The zero-order valence-corrected chi connectivity index (χ0v) is 19.3. The van der Waals surface area contributed by atoms with Crippen molar-refractivity contribution >= 4 is 17.4 Å². The van der Waals surface area contributed by atoms with E-state index in [9.17, 15) is 14.7 Å². The number of rotatable bonds is 7. The molecule has 1 amide bonds. The van der Waals surface area contributed by atoms with Gasteiger partial charge in [0.25, 0.3) is 11.7 Å². The van der Waals surface area contributed by atoms with Gasteiger partial charge in [0.2, 0.25) is 0 Å². The van der Waals surface area contributed by atoms with Crippen LogP contribution in [0, 0.1) is 0 Å². The number of aliphatic hydroxyl groups is 1. The summed E-state index contributed by atoms with van der Waals surface area (Å²) < 4.78 is 11.2. The number of likely N-dealkylation sites (tertiary alicyclic amines) is 1. The highest BCUT2D eigenvalue weighted by atomic mass is 16.6. The van der Waals surface area contributed by atoms with Gasteiger partial charge in [0.1, 0.15) is 19.0 Å². The van der Waals surface area contributed by atoms with E-state index in [4.69, 9.17) is 9.47 Å². The molecule has 4 rings (SSSR count). The first-order chi connectivity index (χ1) is 15.9. The van der Waals surface area contributed by atoms with Crippen LogP contribution in [0.1, 0.15) is 36.1 Å². The van der Waals surface area contributed by atoms with Gasteiger partial charge in [0.05, 0.1) is 11.6 Å². The van der Waals surface area contributed by atoms with Crippen LogP contribution in [-0.2, 0) is 16.0 Å². The van der Waals surface area contributed by atoms with Gasteiger partial charge in [-0.3, -0.25) is 9.59 Å². The van der Waals surface area contributed by atoms with Gasteiger partial charge in [-0.25, -0.2) is 0 Å². The number of ketones is 1. The van der Waals surface area contributed by atoms with E-state index in [-0.39, 0.29) is 11.3 Å². The molecule has 2 aliphatic heterocycles. The van der Waals surface area contributed by atoms with Gasteiger partial charge in [0.15, 0.2) is 11.5 Å². The summed E-state index contributed by atoms with van der Waals surface area (Å²) >= 11 is 0. The fourth-order valence-corrected chi connectivity index (χ4v) is 4.30. The smallest absolute Gasteiger partial charge is 0.295 e. The van der Waals surface area contributed by atoms with E-state index in [1.165, 1.54) is 0 Å². The lowest BCUT2D eigenvalue weighted by Gasteiger charge is -2.26. The number of benzene rings is 2. The molecule has 1 N–H and O–H groups in total. The van der Waals surface area contributed by atoms with Crippen molar-refractivity contribution in [3.05, 3.63) is 64.7 Å². The second-order valence-electron chi connectivity index (χ2n) is 8.60. The number of Topliss-reactive ketones (excluding diaryl/α,β-unsaturated/α-hetero) is 1. The van der Waals surface area contributed by atoms with Crippen molar-refractivity contribution < 1.29 is 24.2 Å². The van der Waals surface area contributed by atoms with Crippen LogP contribution in [0.25, 0.3) is 5.76 Å². The lowest BCUT2D eigenvalue weighted by molar-refractivity contribution is -0.139. The number of hydrogen-bond acceptors (Lipinski definition) is 6. The standard InChI is InChI=1S/C26H30N2O5/c1-4-17-6-8-18(9-7-17)23-22(25(30)26(31)28(23)13-5-12-27(2)3)24(29)19-10-11-20-21(16-19)33-15-14-32-20/h6-11,16,23,29H,4-5,12-15H2,1-3H3/b24-22-. The third kappa shape index (κ3) is 4.59. The Bertz CT molecular complexity index is 1070. The van der Waals surface area contributed by atoms with Gasteiger partial charge in [-0.05, 0) is 62.8 Å². The fourth-order valence-electron chi connectivity index (χ4n) is 4.30. The summed E-state index contributed by atoms with van der Waals surface area (Å²) in [6.07, 6.45) is 1.61. The van der Waals surface area contributed by atoms with Gasteiger partial charge < -0.3 is 24.4 Å². The van der Waals surface area contributed by atoms with Crippen LogP contribution in [0.5, 0.6) is 11.5 Å². The molecule has 0 aliphatic carbocycles. The normalized spacial score (nSPS) is 19.4. The molecule has 2 aliphatic rings. The second-order valence-corrected chi connectivity index (χ2v) is 8.60. The molecule has 2 aromatic rings. The zero-order chi connectivity index (χ0) is 23.5. The first kappa shape index (κ1) is 22.9. The van der Waals surface area contributed by atoms with Gasteiger partial charge in [-0.15, -0.1) is 0 Å². The molecule has 7 heteroatoms. The van der Waals surface area contributed by atoms with E-state index >= 15 is 0 Å². The van der Waals surface area contributed by atoms with E-state index < -0.39 is 17.7 Å². The average Bonchev–Trinajstić information content (AvgIpc) is 3.08. The predicted molar refractivity (Wildman–Crippen MR) is 125 cm³/mol. The van der Waals surface area contributed by atoms with Crippen molar-refractivity contribution in [2.24, 2.45) is 0 Å². The summed E-state index contributed by atoms with van der Waals surface area (Å²) in [4.78, 5) is 29.8. The Labute approximate surface area is 194 Å². The summed E-state index contributed by atoms with van der Waals surface area (Å²) in [7, 11) is 3.94. The number of aliphatic hydroxyl groups excluding tert-OH is 1. The first-order valence-electron chi connectivity index (χ1n) is 11.3. The third-order valence-electron chi connectivity index (χ3n) is 6.06.